The summed E-state index contributed by atoms with van der Waals surface area (Å²) in [6.07, 6.45) is 6.68. The van der Waals surface area contributed by atoms with Crippen molar-refractivity contribution in [1.29, 1.82) is 0 Å². The number of nitrogens with one attached hydrogen (secondary N) is 1. The van der Waals surface area contributed by atoms with Crippen LogP contribution in [0, 0.1) is 0 Å². The minimum atomic E-state index is -0.0136. The van der Waals surface area contributed by atoms with E-state index in [0.29, 0.717) is 13.0 Å². The highest BCUT2D eigenvalue weighted by Gasteiger charge is 2.08. The third-order valence-electron chi connectivity index (χ3n) is 3.14. The van der Waals surface area contributed by atoms with Crippen molar-refractivity contribution in [2.45, 2.75) is 12.8 Å². The van der Waals surface area contributed by atoms with Crippen molar-refractivity contribution in [3.05, 3.63) is 65.7 Å². The van der Waals surface area contributed by atoms with Crippen molar-refractivity contribution in [3.8, 4) is 5.13 Å². The Labute approximate surface area is 132 Å². The predicted molar refractivity (Wildman–Crippen MR) is 86.1 cm³/mol. The number of hydrogen-bond donors (Lipinski definition) is 1. The second kappa shape index (κ2) is 7.00. The van der Waals surface area contributed by atoms with Crippen LogP contribution >= 0.6 is 11.3 Å². The molecule has 0 aliphatic carbocycles. The fourth-order valence-electron chi connectivity index (χ4n) is 2.06. The van der Waals surface area contributed by atoms with Crippen LogP contribution in [0.2, 0.25) is 0 Å². The summed E-state index contributed by atoms with van der Waals surface area (Å²) in [4.78, 5) is 20.6. The average Bonchev–Trinajstić information content (AvgIpc) is 3.19. The maximum absolute atomic E-state index is 11.9. The first-order chi connectivity index (χ1) is 10.8. The van der Waals surface area contributed by atoms with Gasteiger partial charge in [0.2, 0.25) is 5.91 Å². The fourth-order valence-corrected chi connectivity index (χ4v) is 2.85. The highest BCUT2D eigenvalue weighted by atomic mass is 32.1. The molecule has 0 aromatic carbocycles. The van der Waals surface area contributed by atoms with Gasteiger partial charge in [-0.25, -0.2) is 4.98 Å². The van der Waals surface area contributed by atoms with Crippen LogP contribution in [0.1, 0.15) is 11.4 Å². The van der Waals surface area contributed by atoms with E-state index in [2.05, 4.69) is 15.3 Å². The number of carbonyl (C=O) groups is 1. The number of thiazole rings is 1. The molecule has 1 N–H and O–H groups in total. The van der Waals surface area contributed by atoms with Crippen molar-refractivity contribution in [3.63, 3.8) is 0 Å². The Balaban J connectivity index is 1.48. The standard InChI is InChI=1S/C16H16N4OS/c21-15(18-8-6-13-5-1-2-7-17-13)11-14-12-22-16(19-14)20-9-3-4-10-20/h1-5,7,9-10,12H,6,8,11H2,(H,18,21). The van der Waals surface area contributed by atoms with Gasteiger partial charge in [-0.15, -0.1) is 11.3 Å². The van der Waals surface area contributed by atoms with Crippen LogP contribution in [-0.4, -0.2) is 27.0 Å². The zero-order valence-electron chi connectivity index (χ0n) is 12.0. The summed E-state index contributed by atoms with van der Waals surface area (Å²) in [7, 11) is 0. The molecule has 3 rings (SSSR count). The van der Waals surface area contributed by atoms with Gasteiger partial charge in [-0.3, -0.25) is 9.78 Å². The Bertz CT molecular complexity index is 722. The van der Waals surface area contributed by atoms with E-state index in [1.807, 2.05) is 52.7 Å². The van der Waals surface area contributed by atoms with Crippen LogP contribution in [-0.2, 0) is 17.6 Å². The summed E-state index contributed by atoms with van der Waals surface area (Å²) >= 11 is 1.53. The molecule has 0 radical (unpaired) electrons. The fraction of sp³-hybridized carbons (Fsp3) is 0.188. The van der Waals surface area contributed by atoms with E-state index >= 15 is 0 Å². The normalized spacial score (nSPS) is 10.5. The van der Waals surface area contributed by atoms with Gasteiger partial charge in [-0.05, 0) is 24.3 Å². The number of nitrogens with zero attached hydrogens (tertiary/aromatic N) is 3. The van der Waals surface area contributed by atoms with Gasteiger partial charge in [-0.2, -0.15) is 0 Å². The molecule has 112 valence electrons. The van der Waals surface area contributed by atoms with Crippen LogP contribution in [0.3, 0.4) is 0 Å². The molecule has 0 saturated carbocycles. The molecule has 3 aromatic heterocycles. The quantitative estimate of drug-likeness (QED) is 0.759. The van der Waals surface area contributed by atoms with Crippen molar-refractivity contribution in [1.82, 2.24) is 19.9 Å². The molecule has 0 fully saturated rings. The second-order valence-electron chi connectivity index (χ2n) is 4.81. The summed E-state index contributed by atoms with van der Waals surface area (Å²) in [5.41, 5.74) is 1.77. The van der Waals surface area contributed by atoms with Gasteiger partial charge in [0, 0.05) is 42.6 Å². The summed E-state index contributed by atoms with van der Waals surface area (Å²) in [6, 6.07) is 9.68. The summed E-state index contributed by atoms with van der Waals surface area (Å²) in [5, 5.41) is 5.70. The van der Waals surface area contributed by atoms with Gasteiger partial charge in [-0.1, -0.05) is 6.07 Å². The third-order valence-corrected chi connectivity index (χ3v) is 4.04. The van der Waals surface area contributed by atoms with Crippen LogP contribution in [0.25, 0.3) is 5.13 Å². The van der Waals surface area contributed by atoms with Crippen LogP contribution in [0.5, 0.6) is 0 Å². The van der Waals surface area contributed by atoms with Crippen LogP contribution in [0.15, 0.2) is 54.3 Å². The summed E-state index contributed by atoms with van der Waals surface area (Å²) < 4.78 is 1.94. The molecule has 0 bridgehead atoms. The van der Waals surface area contributed by atoms with Gasteiger partial charge in [0.15, 0.2) is 5.13 Å². The third kappa shape index (κ3) is 3.79. The first-order valence-electron chi connectivity index (χ1n) is 7.05. The maximum Gasteiger partial charge on any atom is 0.226 e. The van der Waals surface area contributed by atoms with Crippen molar-refractivity contribution >= 4 is 17.2 Å². The molecule has 0 spiro atoms. The number of aromatic nitrogens is 3. The average molecular weight is 312 g/mol. The Morgan fingerprint density at radius 2 is 2.05 bits per heavy atom. The Hall–Kier alpha value is -2.47. The Morgan fingerprint density at radius 1 is 1.18 bits per heavy atom. The van der Waals surface area contributed by atoms with E-state index in [4.69, 9.17) is 0 Å². The largest absolute Gasteiger partial charge is 0.355 e. The van der Waals surface area contributed by atoms with E-state index in [0.717, 1.165) is 22.9 Å². The molecule has 5 nitrogen and oxygen atoms in total. The predicted octanol–water partition coefficient (Wildman–Crippen LogP) is 2.23. The lowest BCUT2D eigenvalue weighted by atomic mass is 10.2. The summed E-state index contributed by atoms with van der Waals surface area (Å²) in [5.74, 6) is -0.0136. The molecule has 6 heteroatoms. The van der Waals surface area contributed by atoms with Gasteiger partial charge >= 0.3 is 0 Å². The molecule has 0 saturated heterocycles. The van der Waals surface area contributed by atoms with Gasteiger partial charge in [0.1, 0.15) is 0 Å². The lowest BCUT2D eigenvalue weighted by Gasteiger charge is -2.03. The number of pyridine rings is 1. The minimum Gasteiger partial charge on any atom is -0.355 e. The molecule has 1 amide bonds. The molecule has 0 atom stereocenters. The van der Waals surface area contributed by atoms with Crippen molar-refractivity contribution < 1.29 is 4.79 Å². The number of hydrogen-bond acceptors (Lipinski definition) is 4. The number of carbonyl (C=O) groups excluding carboxylic acids is 1. The van der Waals surface area contributed by atoms with Gasteiger partial charge in [0.25, 0.3) is 0 Å². The molecule has 0 unspecified atom stereocenters. The summed E-state index contributed by atoms with van der Waals surface area (Å²) in [6.45, 7) is 0.588. The smallest absolute Gasteiger partial charge is 0.226 e. The SMILES string of the molecule is O=C(Cc1csc(-n2cccc2)n1)NCCc1ccccn1. The first kappa shape index (κ1) is 14.5. The lowest BCUT2D eigenvalue weighted by Crippen LogP contribution is -2.27. The van der Waals surface area contributed by atoms with Gasteiger partial charge in [0.05, 0.1) is 12.1 Å². The minimum absolute atomic E-state index is 0.0136. The number of rotatable bonds is 6. The van der Waals surface area contributed by atoms with Crippen LogP contribution in [0.4, 0.5) is 0 Å². The molecular weight excluding hydrogens is 296 g/mol. The molecule has 3 aromatic rings. The van der Waals surface area contributed by atoms with Crippen LogP contribution < -0.4 is 5.32 Å². The first-order valence-corrected chi connectivity index (χ1v) is 7.93. The molecule has 0 aliphatic heterocycles. The number of amides is 1. The zero-order valence-corrected chi connectivity index (χ0v) is 12.8. The Morgan fingerprint density at radius 3 is 2.82 bits per heavy atom. The molecule has 22 heavy (non-hydrogen) atoms. The molecule has 3 heterocycles. The zero-order chi connectivity index (χ0) is 15.2. The van der Waals surface area contributed by atoms with Crippen molar-refractivity contribution in [2.24, 2.45) is 0 Å². The van der Waals surface area contributed by atoms with E-state index in [1.165, 1.54) is 11.3 Å². The van der Waals surface area contributed by atoms with Crippen molar-refractivity contribution in [2.75, 3.05) is 6.54 Å². The lowest BCUT2D eigenvalue weighted by molar-refractivity contribution is -0.120. The van der Waals surface area contributed by atoms with E-state index < -0.39 is 0 Å². The van der Waals surface area contributed by atoms with E-state index in [-0.39, 0.29) is 5.91 Å². The monoisotopic (exact) mass is 312 g/mol. The molecule has 0 aliphatic rings. The van der Waals surface area contributed by atoms with E-state index in [9.17, 15) is 4.79 Å². The van der Waals surface area contributed by atoms with Gasteiger partial charge < -0.3 is 9.88 Å². The molecular formula is C16H16N4OS. The van der Waals surface area contributed by atoms with E-state index in [1.54, 1.807) is 6.20 Å². The highest BCUT2D eigenvalue weighted by molar-refractivity contribution is 7.12. The topological polar surface area (TPSA) is 59.8 Å². The highest BCUT2D eigenvalue weighted by Crippen LogP contribution is 2.15. The maximum atomic E-state index is 11.9. The Kier molecular flexibility index (Phi) is 4.60. The second-order valence-corrected chi connectivity index (χ2v) is 5.65.